The van der Waals surface area contributed by atoms with Crippen LogP contribution in [0.2, 0.25) is 0 Å². The van der Waals surface area contributed by atoms with Crippen LogP contribution < -0.4 is 10.2 Å². The van der Waals surface area contributed by atoms with Gasteiger partial charge in [-0.25, -0.2) is 13.2 Å². The minimum atomic E-state index is -2.90. The van der Waals surface area contributed by atoms with E-state index in [9.17, 15) is 18.0 Å². The van der Waals surface area contributed by atoms with Gasteiger partial charge in [-0.2, -0.15) is 5.10 Å². The van der Waals surface area contributed by atoms with E-state index in [-0.39, 0.29) is 11.5 Å². The first kappa shape index (κ1) is 25.4. The summed E-state index contributed by atoms with van der Waals surface area (Å²) in [4.78, 5) is 17.8. The van der Waals surface area contributed by atoms with E-state index in [1.54, 1.807) is 6.92 Å². The molecule has 3 aromatic rings. The van der Waals surface area contributed by atoms with Gasteiger partial charge in [0.1, 0.15) is 5.82 Å². The summed E-state index contributed by atoms with van der Waals surface area (Å²) >= 11 is 0. The van der Waals surface area contributed by atoms with Crippen molar-refractivity contribution in [3.63, 3.8) is 0 Å². The molecular formula is C28H32F3N5O. The number of alkyl halides is 2. The minimum Gasteiger partial charge on any atom is -0.361 e. The Morgan fingerprint density at radius 1 is 1.16 bits per heavy atom. The molecule has 2 atom stereocenters. The van der Waals surface area contributed by atoms with Gasteiger partial charge in [0.25, 0.3) is 6.43 Å². The summed E-state index contributed by atoms with van der Waals surface area (Å²) in [7, 11) is 2.09. The van der Waals surface area contributed by atoms with Crippen molar-refractivity contribution in [1.29, 1.82) is 0 Å². The average molecular weight is 512 g/mol. The van der Waals surface area contributed by atoms with Crippen molar-refractivity contribution in [3.05, 3.63) is 58.5 Å². The average Bonchev–Trinajstić information content (AvgIpc) is 3.34. The number of rotatable bonds is 6. The van der Waals surface area contributed by atoms with Crippen LogP contribution in [0.15, 0.2) is 30.3 Å². The lowest BCUT2D eigenvalue weighted by Crippen LogP contribution is -2.43. The zero-order chi connectivity index (χ0) is 26.6. The second-order valence-corrected chi connectivity index (χ2v) is 10.8. The van der Waals surface area contributed by atoms with Gasteiger partial charge in [0, 0.05) is 34.6 Å². The number of nitrogens with one attached hydrogen (secondary N) is 1. The number of aryl methyl sites for hydroxylation is 1. The maximum absolute atomic E-state index is 14.8. The van der Waals surface area contributed by atoms with E-state index in [1.165, 1.54) is 12.1 Å². The molecular weight excluding hydrogens is 479 g/mol. The molecule has 6 nitrogen and oxygen atoms in total. The summed E-state index contributed by atoms with van der Waals surface area (Å²) in [6, 6.07) is 7.63. The lowest BCUT2D eigenvalue weighted by molar-refractivity contribution is -0.122. The Labute approximate surface area is 214 Å². The number of amides is 1. The van der Waals surface area contributed by atoms with Crippen molar-refractivity contribution in [3.8, 4) is 0 Å². The number of aromatic nitrogens is 2. The number of anilines is 2. The Hall–Kier alpha value is -3.20. The van der Waals surface area contributed by atoms with Crippen LogP contribution in [-0.4, -0.2) is 47.2 Å². The quantitative estimate of drug-likeness (QED) is 0.446. The first-order valence-corrected chi connectivity index (χ1v) is 12.7. The topological polar surface area (TPSA) is 61.4 Å². The number of benzene rings is 2. The predicted octanol–water partition coefficient (Wildman–Crippen LogP) is 5.91. The fourth-order valence-corrected chi connectivity index (χ4v) is 5.66. The maximum atomic E-state index is 14.8. The summed E-state index contributed by atoms with van der Waals surface area (Å²) in [5.74, 6) is -0.458. The van der Waals surface area contributed by atoms with Gasteiger partial charge >= 0.3 is 0 Å². The van der Waals surface area contributed by atoms with E-state index < -0.39 is 29.3 Å². The molecule has 1 fully saturated rings. The first-order chi connectivity index (χ1) is 17.5. The molecule has 0 saturated carbocycles. The molecule has 1 N–H and O–H groups in total. The van der Waals surface area contributed by atoms with Gasteiger partial charge in [-0.05, 0) is 71.8 Å². The number of fused-ring (bicyclic) bond motifs is 2. The maximum Gasteiger partial charge on any atom is 0.266 e. The number of hydrogen-bond donors (Lipinski definition) is 1. The third-order valence-electron chi connectivity index (χ3n) is 8.00. The Morgan fingerprint density at radius 2 is 1.89 bits per heavy atom. The van der Waals surface area contributed by atoms with Crippen molar-refractivity contribution in [1.82, 2.24) is 15.1 Å². The zero-order valence-electron chi connectivity index (χ0n) is 21.8. The molecule has 0 spiro atoms. The van der Waals surface area contributed by atoms with Crippen LogP contribution in [0.25, 0.3) is 10.8 Å². The first-order valence-electron chi connectivity index (χ1n) is 12.7. The molecule has 1 saturated heterocycles. The van der Waals surface area contributed by atoms with Gasteiger partial charge in [0.15, 0.2) is 5.82 Å². The third kappa shape index (κ3) is 4.23. The zero-order valence-corrected chi connectivity index (χ0v) is 21.8. The number of carbonyl (C=O) groups excluding carboxylic acids is 1. The van der Waals surface area contributed by atoms with Crippen LogP contribution >= 0.6 is 0 Å². The highest BCUT2D eigenvalue weighted by molar-refractivity contribution is 6.11. The largest absolute Gasteiger partial charge is 0.361 e. The second-order valence-electron chi connectivity index (χ2n) is 10.8. The Bertz CT molecular complexity index is 1380. The number of hydrogen-bond acceptors (Lipinski definition) is 5. The van der Waals surface area contributed by atoms with E-state index in [0.29, 0.717) is 24.1 Å². The lowest BCUT2D eigenvalue weighted by Gasteiger charge is -2.27. The van der Waals surface area contributed by atoms with E-state index in [1.807, 2.05) is 37.8 Å². The summed E-state index contributed by atoms with van der Waals surface area (Å²) < 4.78 is 41.4. The highest BCUT2D eigenvalue weighted by Gasteiger charge is 2.45. The van der Waals surface area contributed by atoms with Crippen molar-refractivity contribution in [2.24, 2.45) is 0 Å². The Kier molecular flexibility index (Phi) is 6.38. The highest BCUT2D eigenvalue weighted by Crippen LogP contribution is 2.45. The minimum absolute atomic E-state index is 0.0606. The number of likely N-dealkylation sites (N-methyl/N-ethyl adjacent to an activating group) is 1. The van der Waals surface area contributed by atoms with Gasteiger partial charge < -0.3 is 15.1 Å². The normalized spacial score (nSPS) is 20.2. The summed E-state index contributed by atoms with van der Waals surface area (Å²) in [6.07, 6.45) is -0.747. The number of nitrogens with zero attached hydrogens (tertiary/aromatic N) is 4. The molecule has 0 unspecified atom stereocenters. The summed E-state index contributed by atoms with van der Waals surface area (Å²) in [5.41, 5.74) is 1.30. The van der Waals surface area contributed by atoms with Crippen LogP contribution in [0.3, 0.4) is 0 Å². The van der Waals surface area contributed by atoms with Gasteiger partial charge in [-0.1, -0.05) is 18.2 Å². The molecule has 0 aliphatic carbocycles. The van der Waals surface area contributed by atoms with Crippen molar-refractivity contribution in [2.75, 3.05) is 30.4 Å². The van der Waals surface area contributed by atoms with Crippen LogP contribution in [0.5, 0.6) is 0 Å². The number of carbonyl (C=O) groups is 1. The highest BCUT2D eigenvalue weighted by atomic mass is 19.3. The van der Waals surface area contributed by atoms with Gasteiger partial charge in [0.2, 0.25) is 5.91 Å². The molecule has 196 valence electrons. The van der Waals surface area contributed by atoms with Crippen LogP contribution in [0.4, 0.5) is 24.7 Å². The van der Waals surface area contributed by atoms with Gasteiger partial charge in [-0.15, -0.1) is 5.10 Å². The third-order valence-corrected chi connectivity index (χ3v) is 8.00. The molecule has 2 aliphatic rings. The van der Waals surface area contributed by atoms with Gasteiger partial charge in [0.05, 0.1) is 22.7 Å². The fourth-order valence-electron chi connectivity index (χ4n) is 5.66. The standard InChI is InChI=1S/C28H32F3N5O/c1-15(18-9-6-10-19(24(18)29)25(30)31)32-26-21-13-23-22(12-20(21)16(2)33-34-26)28(3,4)27(37)36(23)14-17-8-7-11-35(17)5/h6,9-10,12-13,15,17,25H,7-8,11,14H2,1-5H3,(H,32,34)/t15-,17-/m1/s1. The fraction of sp³-hybridized carbons (Fsp3) is 0.464. The lowest BCUT2D eigenvalue weighted by atomic mass is 9.85. The molecule has 2 aliphatic heterocycles. The molecule has 2 aromatic carbocycles. The summed E-state index contributed by atoms with van der Waals surface area (Å²) in [5, 5.41) is 13.4. The van der Waals surface area contributed by atoms with Crippen LogP contribution in [-0.2, 0) is 10.2 Å². The number of likely N-dealkylation sites (tertiary alicyclic amines) is 1. The molecule has 0 bridgehead atoms. The second kappa shape index (κ2) is 9.28. The van der Waals surface area contributed by atoms with Crippen molar-refractivity contribution in [2.45, 2.75) is 64.5 Å². The SMILES string of the molecule is Cc1nnc(N[C@H](C)c2cccc(C(F)F)c2F)c2cc3c(cc12)C(C)(C)C(=O)N3C[C@H]1CCCN1C. The predicted molar refractivity (Wildman–Crippen MR) is 139 cm³/mol. The Balaban J connectivity index is 1.57. The van der Waals surface area contributed by atoms with E-state index >= 15 is 0 Å². The molecule has 5 rings (SSSR count). The molecule has 9 heteroatoms. The van der Waals surface area contributed by atoms with Crippen LogP contribution in [0.1, 0.15) is 68.5 Å². The molecule has 1 aromatic heterocycles. The molecule has 3 heterocycles. The van der Waals surface area contributed by atoms with Crippen molar-refractivity contribution >= 4 is 28.2 Å². The number of halogens is 3. The monoisotopic (exact) mass is 511 g/mol. The molecule has 1 amide bonds. The summed E-state index contributed by atoms with van der Waals surface area (Å²) in [6.45, 7) is 9.08. The van der Waals surface area contributed by atoms with Crippen LogP contribution in [0, 0.1) is 12.7 Å². The smallest absolute Gasteiger partial charge is 0.266 e. The Morgan fingerprint density at radius 3 is 2.57 bits per heavy atom. The van der Waals surface area contributed by atoms with E-state index in [0.717, 1.165) is 47.5 Å². The van der Waals surface area contributed by atoms with E-state index in [4.69, 9.17) is 0 Å². The molecule has 37 heavy (non-hydrogen) atoms. The molecule has 0 radical (unpaired) electrons. The van der Waals surface area contributed by atoms with Crippen molar-refractivity contribution < 1.29 is 18.0 Å². The van der Waals surface area contributed by atoms with Gasteiger partial charge in [-0.3, -0.25) is 4.79 Å². The van der Waals surface area contributed by atoms with E-state index in [2.05, 4.69) is 27.5 Å².